The second-order valence-corrected chi connectivity index (χ2v) is 6.67. The number of carbonyl (C=O) groups is 1. The van der Waals surface area contributed by atoms with Crippen LogP contribution >= 0.6 is 0 Å². The molecule has 21 heavy (non-hydrogen) atoms. The van der Waals surface area contributed by atoms with E-state index in [9.17, 15) is 27.7 Å². The zero-order valence-corrected chi connectivity index (χ0v) is 11.8. The molecule has 1 aromatic carbocycles. The summed E-state index contributed by atoms with van der Waals surface area (Å²) < 4.78 is 36.6. The second kappa shape index (κ2) is 5.37. The van der Waals surface area contributed by atoms with Crippen LogP contribution in [0.25, 0.3) is 0 Å². The highest BCUT2D eigenvalue weighted by Gasteiger charge is 2.37. The van der Waals surface area contributed by atoms with Crippen LogP contribution < -0.4 is 5.32 Å². The van der Waals surface area contributed by atoms with E-state index < -0.39 is 38.3 Å². The molecule has 1 aliphatic rings. The SMILES string of the molecule is CS(=O)(=O)N1CC(C(=O)Nc2ccc(F)c([N+](=O)[O-])c2)C1. The molecule has 0 radical (unpaired) electrons. The molecule has 0 aromatic heterocycles. The summed E-state index contributed by atoms with van der Waals surface area (Å²) in [5, 5.41) is 13.0. The summed E-state index contributed by atoms with van der Waals surface area (Å²) >= 11 is 0. The quantitative estimate of drug-likeness (QED) is 0.644. The van der Waals surface area contributed by atoms with Crippen molar-refractivity contribution in [2.75, 3.05) is 24.7 Å². The van der Waals surface area contributed by atoms with Gasteiger partial charge in [0.25, 0.3) is 0 Å². The second-order valence-electron chi connectivity index (χ2n) is 4.69. The zero-order chi connectivity index (χ0) is 15.8. The number of nitro groups is 1. The molecule has 1 amide bonds. The number of amides is 1. The van der Waals surface area contributed by atoms with E-state index >= 15 is 0 Å². The molecule has 0 bridgehead atoms. The van der Waals surface area contributed by atoms with Crippen LogP contribution in [-0.4, -0.2) is 42.9 Å². The number of sulfonamides is 1. The number of carbonyl (C=O) groups excluding carboxylic acids is 1. The van der Waals surface area contributed by atoms with Crippen LogP contribution in [0.4, 0.5) is 15.8 Å². The molecule has 114 valence electrons. The Balaban J connectivity index is 2.02. The van der Waals surface area contributed by atoms with Gasteiger partial charge in [-0.15, -0.1) is 0 Å². The molecule has 8 nitrogen and oxygen atoms in total. The predicted molar refractivity (Wildman–Crippen MR) is 71.6 cm³/mol. The van der Waals surface area contributed by atoms with Gasteiger partial charge in [0, 0.05) is 24.8 Å². The van der Waals surface area contributed by atoms with E-state index in [1.807, 2.05) is 0 Å². The molecule has 1 N–H and O–H groups in total. The summed E-state index contributed by atoms with van der Waals surface area (Å²) in [5.41, 5.74) is -0.648. The fraction of sp³-hybridized carbons (Fsp3) is 0.364. The van der Waals surface area contributed by atoms with Gasteiger partial charge >= 0.3 is 5.69 Å². The molecule has 1 fully saturated rings. The third-order valence-electron chi connectivity index (χ3n) is 3.10. The van der Waals surface area contributed by atoms with Crippen molar-refractivity contribution in [3.05, 3.63) is 34.1 Å². The largest absolute Gasteiger partial charge is 0.326 e. The molecule has 1 aliphatic heterocycles. The zero-order valence-electron chi connectivity index (χ0n) is 10.9. The first-order valence-electron chi connectivity index (χ1n) is 5.88. The molecule has 0 saturated carbocycles. The van der Waals surface area contributed by atoms with Gasteiger partial charge in [-0.25, -0.2) is 12.7 Å². The first-order chi connectivity index (χ1) is 9.68. The minimum Gasteiger partial charge on any atom is -0.326 e. The Morgan fingerprint density at radius 3 is 2.62 bits per heavy atom. The summed E-state index contributed by atoms with van der Waals surface area (Å²) in [6, 6.07) is 3.00. The number of anilines is 1. The monoisotopic (exact) mass is 317 g/mol. The van der Waals surface area contributed by atoms with Crippen molar-refractivity contribution < 1.29 is 22.5 Å². The molecule has 0 spiro atoms. The number of nitro benzene ring substituents is 1. The van der Waals surface area contributed by atoms with Crippen molar-refractivity contribution >= 4 is 27.3 Å². The number of nitrogens with one attached hydrogen (secondary N) is 1. The number of nitrogens with zero attached hydrogens (tertiary/aromatic N) is 2. The van der Waals surface area contributed by atoms with Gasteiger partial charge in [0.15, 0.2) is 0 Å². The van der Waals surface area contributed by atoms with Gasteiger partial charge in [0.05, 0.1) is 17.1 Å². The minimum atomic E-state index is -3.31. The lowest BCUT2D eigenvalue weighted by Crippen LogP contribution is -2.53. The van der Waals surface area contributed by atoms with E-state index in [0.717, 1.165) is 22.7 Å². The standard InChI is InChI=1S/C11H12FN3O5S/c1-21(19,20)14-5-7(6-14)11(16)13-8-2-3-9(12)10(4-8)15(17)18/h2-4,7H,5-6H2,1H3,(H,13,16). The predicted octanol–water partition coefficient (Wildman–Crippen LogP) is 0.564. The molecule has 1 saturated heterocycles. The summed E-state index contributed by atoms with van der Waals surface area (Å²) in [4.78, 5) is 21.5. The third kappa shape index (κ3) is 3.34. The Labute approximate surface area is 119 Å². The fourth-order valence-electron chi connectivity index (χ4n) is 1.85. The van der Waals surface area contributed by atoms with Gasteiger partial charge in [-0.3, -0.25) is 14.9 Å². The highest BCUT2D eigenvalue weighted by Crippen LogP contribution is 2.24. The lowest BCUT2D eigenvalue weighted by molar-refractivity contribution is -0.387. The van der Waals surface area contributed by atoms with Crippen LogP contribution in [0.1, 0.15) is 0 Å². The van der Waals surface area contributed by atoms with Crippen LogP contribution in [0.5, 0.6) is 0 Å². The van der Waals surface area contributed by atoms with Crippen molar-refractivity contribution in [1.82, 2.24) is 4.31 Å². The number of hydrogen-bond acceptors (Lipinski definition) is 5. The average molecular weight is 317 g/mol. The number of benzene rings is 1. The Hall–Kier alpha value is -2.07. The first-order valence-corrected chi connectivity index (χ1v) is 7.73. The molecule has 0 aliphatic carbocycles. The van der Waals surface area contributed by atoms with E-state index in [0.29, 0.717) is 0 Å². The summed E-state index contributed by atoms with van der Waals surface area (Å²) in [6.45, 7) is 0.127. The molecule has 1 aromatic rings. The maximum absolute atomic E-state index is 13.1. The molecular formula is C11H12FN3O5S. The number of hydrogen-bond donors (Lipinski definition) is 1. The first kappa shape index (κ1) is 15.3. The molecular weight excluding hydrogens is 305 g/mol. The van der Waals surface area contributed by atoms with Crippen LogP contribution in [0.3, 0.4) is 0 Å². The van der Waals surface area contributed by atoms with Crippen molar-refractivity contribution in [2.24, 2.45) is 5.92 Å². The topological polar surface area (TPSA) is 110 Å². The fourth-order valence-corrected chi connectivity index (χ4v) is 2.75. The van der Waals surface area contributed by atoms with E-state index in [-0.39, 0.29) is 18.8 Å². The number of halogens is 1. The van der Waals surface area contributed by atoms with Crippen LogP contribution in [0.15, 0.2) is 18.2 Å². The van der Waals surface area contributed by atoms with E-state index in [1.165, 1.54) is 6.07 Å². The van der Waals surface area contributed by atoms with Gasteiger partial charge in [-0.2, -0.15) is 4.39 Å². The lowest BCUT2D eigenvalue weighted by atomic mass is 10.0. The van der Waals surface area contributed by atoms with Crippen molar-refractivity contribution in [3.63, 3.8) is 0 Å². The maximum atomic E-state index is 13.1. The van der Waals surface area contributed by atoms with E-state index in [1.54, 1.807) is 0 Å². The van der Waals surface area contributed by atoms with Gasteiger partial charge < -0.3 is 5.32 Å². The molecule has 0 atom stereocenters. The van der Waals surface area contributed by atoms with Gasteiger partial charge in [0.2, 0.25) is 21.7 Å². The van der Waals surface area contributed by atoms with Gasteiger partial charge in [0.1, 0.15) is 0 Å². The highest BCUT2D eigenvalue weighted by molar-refractivity contribution is 7.88. The molecule has 1 heterocycles. The number of rotatable bonds is 4. The molecule has 2 rings (SSSR count). The molecule has 0 unspecified atom stereocenters. The van der Waals surface area contributed by atoms with Crippen LogP contribution in [0, 0.1) is 21.8 Å². The minimum absolute atomic E-state index is 0.0634. The summed E-state index contributed by atoms with van der Waals surface area (Å²) in [5.74, 6) is -1.98. The molecule has 10 heteroatoms. The highest BCUT2D eigenvalue weighted by atomic mass is 32.2. The summed E-state index contributed by atoms with van der Waals surface area (Å²) in [6.07, 6.45) is 1.05. The smallest absolute Gasteiger partial charge is 0.306 e. The van der Waals surface area contributed by atoms with Crippen molar-refractivity contribution in [2.45, 2.75) is 0 Å². The van der Waals surface area contributed by atoms with E-state index in [2.05, 4.69) is 5.32 Å². The Kier molecular flexibility index (Phi) is 3.92. The normalized spacial score (nSPS) is 16.3. The van der Waals surface area contributed by atoms with Crippen molar-refractivity contribution in [1.29, 1.82) is 0 Å². The summed E-state index contributed by atoms with van der Waals surface area (Å²) in [7, 11) is -3.31. The lowest BCUT2D eigenvalue weighted by Gasteiger charge is -2.35. The average Bonchev–Trinajstić information content (AvgIpc) is 2.27. The Bertz CT molecular complexity index is 700. The van der Waals surface area contributed by atoms with E-state index in [4.69, 9.17) is 0 Å². The Morgan fingerprint density at radius 1 is 1.48 bits per heavy atom. The van der Waals surface area contributed by atoms with Gasteiger partial charge in [-0.1, -0.05) is 0 Å². The van der Waals surface area contributed by atoms with Crippen LogP contribution in [-0.2, 0) is 14.8 Å². The maximum Gasteiger partial charge on any atom is 0.306 e. The van der Waals surface area contributed by atoms with Crippen molar-refractivity contribution in [3.8, 4) is 0 Å². The Morgan fingerprint density at radius 2 is 2.10 bits per heavy atom. The van der Waals surface area contributed by atoms with Gasteiger partial charge in [-0.05, 0) is 12.1 Å². The van der Waals surface area contributed by atoms with Crippen LogP contribution in [0.2, 0.25) is 0 Å². The third-order valence-corrected chi connectivity index (χ3v) is 4.33.